The highest BCUT2D eigenvalue weighted by atomic mass is 19.1. The first-order chi connectivity index (χ1) is 14.2. The Bertz CT molecular complexity index is 1080. The number of nitrogens with zero attached hydrogens (tertiary/aromatic N) is 1. The zero-order valence-electron chi connectivity index (χ0n) is 16.0. The predicted octanol–water partition coefficient (Wildman–Crippen LogP) is 6.28. The molecule has 0 spiro atoms. The molecule has 0 amide bonds. The summed E-state index contributed by atoms with van der Waals surface area (Å²) in [6.07, 6.45) is 2.45. The molecule has 1 heterocycles. The van der Waals surface area contributed by atoms with E-state index in [1.54, 1.807) is 25.4 Å². The molecule has 0 saturated carbocycles. The third-order valence-corrected chi connectivity index (χ3v) is 4.60. The maximum Gasteiger partial charge on any atom is 0.145 e. The van der Waals surface area contributed by atoms with Crippen LogP contribution in [0.3, 0.4) is 0 Å². The van der Waals surface area contributed by atoms with Gasteiger partial charge in [0.2, 0.25) is 0 Å². The Morgan fingerprint density at radius 3 is 2.28 bits per heavy atom. The van der Waals surface area contributed by atoms with Crippen LogP contribution < -0.4 is 9.47 Å². The maximum atomic E-state index is 13.0. The number of benzene rings is 3. The smallest absolute Gasteiger partial charge is 0.145 e. The van der Waals surface area contributed by atoms with Gasteiger partial charge >= 0.3 is 0 Å². The fourth-order valence-corrected chi connectivity index (χ4v) is 3.14. The number of hydrogen-bond acceptors (Lipinski definition) is 3. The van der Waals surface area contributed by atoms with Crippen molar-refractivity contribution in [2.24, 2.45) is 0 Å². The molecule has 0 fully saturated rings. The number of aromatic nitrogens is 1. The van der Waals surface area contributed by atoms with Crippen LogP contribution >= 0.6 is 0 Å². The van der Waals surface area contributed by atoms with Gasteiger partial charge in [0.05, 0.1) is 19.0 Å². The molecule has 0 saturated heterocycles. The van der Waals surface area contributed by atoms with Crippen LogP contribution in [0.1, 0.15) is 11.1 Å². The highest BCUT2D eigenvalue weighted by Crippen LogP contribution is 2.29. The molecular weight excluding hydrogens is 365 g/mol. The summed E-state index contributed by atoms with van der Waals surface area (Å²) in [5.74, 6) is 1.72. The molecule has 29 heavy (non-hydrogen) atoms. The molecule has 3 nitrogen and oxygen atoms in total. The first kappa shape index (κ1) is 18.7. The first-order valence-corrected chi connectivity index (χ1v) is 9.32. The Morgan fingerprint density at radius 1 is 0.828 bits per heavy atom. The van der Waals surface area contributed by atoms with Crippen molar-refractivity contribution in [1.29, 1.82) is 0 Å². The van der Waals surface area contributed by atoms with Gasteiger partial charge < -0.3 is 9.47 Å². The molecule has 0 bridgehead atoms. The maximum absolute atomic E-state index is 13.0. The van der Waals surface area contributed by atoms with E-state index < -0.39 is 0 Å². The van der Waals surface area contributed by atoms with Gasteiger partial charge in [0.1, 0.15) is 23.1 Å². The van der Waals surface area contributed by atoms with E-state index in [4.69, 9.17) is 9.47 Å². The monoisotopic (exact) mass is 385 g/mol. The van der Waals surface area contributed by atoms with Gasteiger partial charge in [-0.1, -0.05) is 30.3 Å². The fraction of sp³-hybridized carbons (Fsp3) is 0.0800. The highest BCUT2D eigenvalue weighted by molar-refractivity contribution is 5.63. The van der Waals surface area contributed by atoms with Crippen LogP contribution in [0.25, 0.3) is 11.3 Å². The van der Waals surface area contributed by atoms with Crippen molar-refractivity contribution < 1.29 is 13.9 Å². The summed E-state index contributed by atoms with van der Waals surface area (Å²) in [4.78, 5) is 4.53. The summed E-state index contributed by atoms with van der Waals surface area (Å²) in [5, 5.41) is 0. The Kier molecular flexibility index (Phi) is 5.52. The quantitative estimate of drug-likeness (QED) is 0.391. The number of halogens is 1. The molecule has 0 radical (unpaired) electrons. The zero-order valence-corrected chi connectivity index (χ0v) is 16.0. The van der Waals surface area contributed by atoms with Gasteiger partial charge in [0.15, 0.2) is 0 Å². The Hall–Kier alpha value is -3.66. The second-order valence-corrected chi connectivity index (χ2v) is 6.62. The minimum atomic E-state index is -0.295. The third kappa shape index (κ3) is 4.61. The predicted molar refractivity (Wildman–Crippen MR) is 112 cm³/mol. The van der Waals surface area contributed by atoms with Crippen LogP contribution in [0.15, 0.2) is 91.1 Å². The van der Waals surface area contributed by atoms with E-state index in [9.17, 15) is 4.39 Å². The minimum Gasteiger partial charge on any atom is -0.496 e. The van der Waals surface area contributed by atoms with E-state index in [1.165, 1.54) is 17.7 Å². The molecule has 3 aromatic carbocycles. The van der Waals surface area contributed by atoms with Gasteiger partial charge in [-0.15, -0.1) is 0 Å². The lowest BCUT2D eigenvalue weighted by Crippen LogP contribution is -1.95. The summed E-state index contributed by atoms with van der Waals surface area (Å²) >= 11 is 0. The van der Waals surface area contributed by atoms with Crippen molar-refractivity contribution in [2.45, 2.75) is 6.42 Å². The Balaban J connectivity index is 1.56. The lowest BCUT2D eigenvalue weighted by molar-refractivity contribution is 0.410. The molecule has 1 aromatic heterocycles. The molecule has 0 atom stereocenters. The normalized spacial score (nSPS) is 10.6. The number of methoxy groups -OCH3 is 1. The molecule has 4 heteroatoms. The van der Waals surface area contributed by atoms with Crippen molar-refractivity contribution in [3.63, 3.8) is 0 Å². The molecule has 144 valence electrons. The largest absolute Gasteiger partial charge is 0.496 e. The van der Waals surface area contributed by atoms with Crippen LogP contribution in [-0.4, -0.2) is 12.1 Å². The molecule has 0 N–H and O–H groups in total. The van der Waals surface area contributed by atoms with Crippen LogP contribution in [0.4, 0.5) is 4.39 Å². The fourth-order valence-electron chi connectivity index (χ4n) is 3.14. The van der Waals surface area contributed by atoms with E-state index in [0.29, 0.717) is 11.5 Å². The lowest BCUT2D eigenvalue weighted by atomic mass is 10.0. The molecule has 0 aliphatic carbocycles. The summed E-state index contributed by atoms with van der Waals surface area (Å²) in [6, 6.07) is 26.0. The number of hydrogen-bond donors (Lipinski definition) is 0. The summed E-state index contributed by atoms with van der Waals surface area (Å²) in [5.41, 5.74) is 4.17. The van der Waals surface area contributed by atoms with Crippen molar-refractivity contribution in [2.75, 3.05) is 7.11 Å². The van der Waals surface area contributed by atoms with E-state index in [0.717, 1.165) is 29.0 Å². The number of ether oxygens (including phenoxy) is 2. The number of rotatable bonds is 6. The molecule has 0 unspecified atom stereocenters. The van der Waals surface area contributed by atoms with E-state index in [-0.39, 0.29) is 5.82 Å². The summed E-state index contributed by atoms with van der Waals surface area (Å²) in [7, 11) is 1.68. The first-order valence-electron chi connectivity index (χ1n) is 9.32. The van der Waals surface area contributed by atoms with Gasteiger partial charge in [0, 0.05) is 12.0 Å². The zero-order chi connectivity index (χ0) is 20.1. The summed E-state index contributed by atoms with van der Waals surface area (Å²) in [6.45, 7) is 0. The van der Waals surface area contributed by atoms with Crippen LogP contribution in [0.2, 0.25) is 0 Å². The molecule has 0 aliphatic rings. The van der Waals surface area contributed by atoms with Gasteiger partial charge in [0.25, 0.3) is 0 Å². The van der Waals surface area contributed by atoms with E-state index in [2.05, 4.69) is 23.2 Å². The number of pyridine rings is 1. The van der Waals surface area contributed by atoms with Gasteiger partial charge in [-0.25, -0.2) is 4.39 Å². The standard InChI is InChI=1S/C25H20FNO2/c1-28-25-14-7-19(16-20(25)15-18-5-3-2-4-6-18)24-13-12-23(17-27-24)29-22-10-8-21(26)9-11-22/h2-14,16-17H,15H2,1H3. The van der Waals surface area contributed by atoms with Crippen molar-refractivity contribution in [3.05, 3.63) is 108 Å². The van der Waals surface area contributed by atoms with Gasteiger partial charge in [-0.2, -0.15) is 0 Å². The van der Waals surface area contributed by atoms with Gasteiger partial charge in [-0.3, -0.25) is 4.98 Å². The van der Waals surface area contributed by atoms with Crippen molar-refractivity contribution in [3.8, 4) is 28.5 Å². The topological polar surface area (TPSA) is 31.4 Å². The second-order valence-electron chi connectivity index (χ2n) is 6.62. The van der Waals surface area contributed by atoms with E-state index >= 15 is 0 Å². The Morgan fingerprint density at radius 2 is 1.59 bits per heavy atom. The van der Waals surface area contributed by atoms with E-state index in [1.807, 2.05) is 42.5 Å². The molecular formula is C25H20FNO2. The molecule has 4 rings (SSSR count). The second kappa shape index (κ2) is 8.57. The average molecular weight is 385 g/mol. The summed E-state index contributed by atoms with van der Waals surface area (Å²) < 4.78 is 24.3. The highest BCUT2D eigenvalue weighted by Gasteiger charge is 2.08. The lowest BCUT2D eigenvalue weighted by Gasteiger charge is -2.11. The molecule has 0 aliphatic heterocycles. The van der Waals surface area contributed by atoms with Gasteiger partial charge in [-0.05, 0) is 65.7 Å². The average Bonchev–Trinajstić information content (AvgIpc) is 2.77. The SMILES string of the molecule is COc1ccc(-c2ccc(Oc3ccc(F)cc3)cn2)cc1Cc1ccccc1. The van der Waals surface area contributed by atoms with Crippen LogP contribution in [0, 0.1) is 5.82 Å². The Labute approximate surface area is 169 Å². The van der Waals surface area contributed by atoms with Crippen LogP contribution in [0.5, 0.6) is 17.2 Å². The third-order valence-electron chi connectivity index (χ3n) is 4.60. The van der Waals surface area contributed by atoms with Crippen molar-refractivity contribution >= 4 is 0 Å². The minimum absolute atomic E-state index is 0.295. The molecule has 4 aromatic rings. The van der Waals surface area contributed by atoms with Crippen LogP contribution in [-0.2, 0) is 6.42 Å². The van der Waals surface area contributed by atoms with Crippen molar-refractivity contribution in [1.82, 2.24) is 4.98 Å².